The van der Waals surface area contributed by atoms with Crippen molar-refractivity contribution in [2.24, 2.45) is 11.6 Å². The first kappa shape index (κ1) is 12.9. The molecule has 7 nitrogen and oxygen atoms in total. The summed E-state index contributed by atoms with van der Waals surface area (Å²) in [7, 11) is 0. The molecule has 82 valence electrons. The summed E-state index contributed by atoms with van der Waals surface area (Å²) in [6.07, 6.45) is -0.321. The number of hydrogen-bond acceptors (Lipinski definition) is 6. The van der Waals surface area contributed by atoms with Crippen LogP contribution < -0.4 is 17.0 Å². The number of esters is 1. The molecule has 0 saturated heterocycles. The Hall–Kier alpha value is -2.07. The Balaban J connectivity index is 4.76. The predicted octanol–water partition coefficient (Wildman–Crippen LogP) is -1.33. The van der Waals surface area contributed by atoms with Crippen molar-refractivity contribution in [2.75, 3.05) is 6.61 Å². The molecule has 0 rings (SSSR count). The molecule has 0 aliphatic heterocycles. The molecule has 15 heavy (non-hydrogen) atoms. The summed E-state index contributed by atoms with van der Waals surface area (Å²) >= 11 is 0. The highest BCUT2D eigenvalue weighted by molar-refractivity contribution is 5.94. The summed E-state index contributed by atoms with van der Waals surface area (Å²) < 4.78 is 4.57. The van der Waals surface area contributed by atoms with Gasteiger partial charge in [0.15, 0.2) is 5.57 Å². The molecule has 0 unspecified atom stereocenters. The van der Waals surface area contributed by atoms with Gasteiger partial charge in [-0.1, -0.05) is 0 Å². The number of nitriles is 1. The van der Waals surface area contributed by atoms with Gasteiger partial charge in [-0.3, -0.25) is 10.2 Å². The Morgan fingerprint density at radius 2 is 2.13 bits per heavy atom. The Kier molecular flexibility index (Phi) is 5.51. The first-order valence-corrected chi connectivity index (χ1v) is 4.12. The van der Waals surface area contributed by atoms with Crippen molar-refractivity contribution < 1.29 is 14.3 Å². The summed E-state index contributed by atoms with van der Waals surface area (Å²) in [5.41, 5.74) is 6.66. The van der Waals surface area contributed by atoms with Gasteiger partial charge in [-0.05, 0) is 6.92 Å². The fourth-order valence-corrected chi connectivity index (χ4v) is 0.764. The first-order chi connectivity index (χ1) is 7.06. The summed E-state index contributed by atoms with van der Waals surface area (Å²) in [6, 6.07) is 1.58. The van der Waals surface area contributed by atoms with Gasteiger partial charge in [0.25, 0.3) is 0 Å². The molecule has 0 bridgehead atoms. The average Bonchev–Trinajstić information content (AvgIpc) is 2.19. The number of hydrogen-bond donors (Lipinski definition) is 3. The molecular formula is C8H12N4O3. The third kappa shape index (κ3) is 4.10. The minimum Gasteiger partial charge on any atom is -0.462 e. The maximum atomic E-state index is 11.1. The van der Waals surface area contributed by atoms with Crippen molar-refractivity contribution in [3.63, 3.8) is 0 Å². The van der Waals surface area contributed by atoms with Crippen LogP contribution in [0.5, 0.6) is 0 Å². The van der Waals surface area contributed by atoms with Crippen LogP contribution in [-0.4, -0.2) is 18.5 Å². The van der Waals surface area contributed by atoms with E-state index < -0.39 is 11.9 Å². The van der Waals surface area contributed by atoms with Crippen molar-refractivity contribution in [3.8, 4) is 6.07 Å². The van der Waals surface area contributed by atoms with Crippen LogP contribution in [0, 0.1) is 11.3 Å². The van der Waals surface area contributed by atoms with E-state index in [1.54, 1.807) is 13.0 Å². The Bertz CT molecular complexity index is 329. The van der Waals surface area contributed by atoms with Crippen LogP contribution in [0.3, 0.4) is 0 Å². The molecule has 0 spiro atoms. The highest BCUT2D eigenvalue weighted by Crippen LogP contribution is 2.04. The van der Waals surface area contributed by atoms with Gasteiger partial charge >= 0.3 is 5.97 Å². The number of nitrogens with two attached hydrogens (primary N) is 2. The highest BCUT2D eigenvalue weighted by Gasteiger charge is 2.16. The van der Waals surface area contributed by atoms with Gasteiger partial charge < -0.3 is 10.5 Å². The number of hydrazine groups is 1. The van der Waals surface area contributed by atoms with Crippen LogP contribution >= 0.6 is 0 Å². The largest absolute Gasteiger partial charge is 0.462 e. The number of rotatable bonds is 4. The van der Waals surface area contributed by atoms with Crippen molar-refractivity contribution in [3.05, 3.63) is 11.3 Å². The number of ether oxygens (including phenoxy) is 1. The van der Waals surface area contributed by atoms with Crippen LogP contribution in [0.1, 0.15) is 13.3 Å². The van der Waals surface area contributed by atoms with Crippen molar-refractivity contribution in [1.29, 1.82) is 5.26 Å². The minimum atomic E-state index is -0.845. The van der Waals surface area contributed by atoms with Crippen LogP contribution in [0.4, 0.5) is 0 Å². The van der Waals surface area contributed by atoms with Crippen LogP contribution in [0.15, 0.2) is 11.3 Å². The molecule has 0 aliphatic carbocycles. The Morgan fingerprint density at radius 3 is 2.53 bits per heavy atom. The quantitative estimate of drug-likeness (QED) is 0.132. The number of nitrogens with zero attached hydrogens (tertiary/aromatic N) is 1. The summed E-state index contributed by atoms with van der Waals surface area (Å²) in [5, 5.41) is 8.63. The lowest BCUT2D eigenvalue weighted by atomic mass is 10.2. The van der Waals surface area contributed by atoms with Crippen LogP contribution in [0.2, 0.25) is 0 Å². The molecular weight excluding hydrogens is 200 g/mol. The minimum absolute atomic E-state index is 0.125. The van der Waals surface area contributed by atoms with Gasteiger partial charge in [0.05, 0.1) is 13.0 Å². The second-order valence-electron chi connectivity index (χ2n) is 2.48. The van der Waals surface area contributed by atoms with E-state index in [1.807, 2.05) is 5.43 Å². The standard InChI is InChI=1S/C8H12N4O3/c1-2-15-8(14)5(4-9)6(10)3-7(13)12-11/h2-3,10-11H2,1H3,(H,12,13). The Morgan fingerprint density at radius 1 is 1.53 bits per heavy atom. The van der Waals surface area contributed by atoms with Crippen molar-refractivity contribution >= 4 is 11.9 Å². The monoisotopic (exact) mass is 212 g/mol. The lowest BCUT2D eigenvalue weighted by Gasteiger charge is -2.04. The Labute approximate surface area is 86.6 Å². The van der Waals surface area contributed by atoms with E-state index in [0.29, 0.717) is 0 Å². The summed E-state index contributed by atoms with van der Waals surface area (Å²) in [6.45, 7) is 1.72. The number of carbonyl (C=O) groups excluding carboxylic acids is 2. The lowest BCUT2D eigenvalue weighted by Crippen LogP contribution is -2.31. The fraction of sp³-hybridized carbons (Fsp3) is 0.375. The van der Waals surface area contributed by atoms with E-state index in [-0.39, 0.29) is 24.3 Å². The number of nitrogens with one attached hydrogen (secondary N) is 1. The second-order valence-corrected chi connectivity index (χ2v) is 2.48. The summed E-state index contributed by atoms with van der Waals surface area (Å²) in [5.74, 6) is 3.38. The molecule has 0 aromatic carbocycles. The van der Waals surface area contributed by atoms with E-state index in [2.05, 4.69) is 4.74 Å². The van der Waals surface area contributed by atoms with E-state index >= 15 is 0 Å². The molecule has 0 heterocycles. The van der Waals surface area contributed by atoms with Crippen LogP contribution in [0.25, 0.3) is 0 Å². The van der Waals surface area contributed by atoms with Gasteiger partial charge in [-0.15, -0.1) is 0 Å². The van der Waals surface area contributed by atoms with Crippen molar-refractivity contribution in [2.45, 2.75) is 13.3 Å². The van der Waals surface area contributed by atoms with E-state index in [0.717, 1.165) is 0 Å². The van der Waals surface area contributed by atoms with E-state index in [1.165, 1.54) is 0 Å². The molecule has 0 aromatic heterocycles. The smallest absolute Gasteiger partial charge is 0.350 e. The third-order valence-corrected chi connectivity index (χ3v) is 1.42. The molecule has 0 saturated carbocycles. The fourth-order valence-electron chi connectivity index (χ4n) is 0.764. The molecule has 0 aromatic rings. The maximum absolute atomic E-state index is 11.1. The topological polar surface area (TPSA) is 131 Å². The molecule has 0 radical (unpaired) electrons. The third-order valence-electron chi connectivity index (χ3n) is 1.42. The predicted molar refractivity (Wildman–Crippen MR) is 50.4 cm³/mol. The van der Waals surface area contributed by atoms with Gasteiger partial charge in [0.2, 0.25) is 5.91 Å². The van der Waals surface area contributed by atoms with Crippen molar-refractivity contribution in [1.82, 2.24) is 5.43 Å². The van der Waals surface area contributed by atoms with Gasteiger partial charge in [-0.2, -0.15) is 5.26 Å². The maximum Gasteiger partial charge on any atom is 0.350 e. The molecule has 7 heteroatoms. The highest BCUT2D eigenvalue weighted by atomic mass is 16.5. The molecule has 0 atom stereocenters. The zero-order chi connectivity index (χ0) is 11.8. The second kappa shape index (κ2) is 6.39. The number of amides is 1. The zero-order valence-corrected chi connectivity index (χ0v) is 8.24. The van der Waals surface area contributed by atoms with E-state index in [9.17, 15) is 9.59 Å². The summed E-state index contributed by atoms with van der Waals surface area (Å²) in [4.78, 5) is 22.0. The molecule has 0 fully saturated rings. The zero-order valence-electron chi connectivity index (χ0n) is 8.24. The van der Waals surface area contributed by atoms with Gasteiger partial charge in [0.1, 0.15) is 6.07 Å². The van der Waals surface area contributed by atoms with Gasteiger partial charge in [-0.25, -0.2) is 10.6 Å². The molecule has 1 amide bonds. The van der Waals surface area contributed by atoms with Crippen LogP contribution in [-0.2, 0) is 14.3 Å². The SMILES string of the molecule is CCOC(=O)C(C#N)=C(N)CC(=O)NN. The lowest BCUT2D eigenvalue weighted by molar-refractivity contribution is -0.138. The van der Waals surface area contributed by atoms with Gasteiger partial charge in [0, 0.05) is 5.70 Å². The number of carbonyl (C=O) groups is 2. The first-order valence-electron chi connectivity index (χ1n) is 4.12. The van der Waals surface area contributed by atoms with E-state index in [4.69, 9.17) is 16.8 Å². The molecule has 0 aliphatic rings. The average molecular weight is 212 g/mol. The molecule has 5 N–H and O–H groups in total. The normalized spacial score (nSPS) is 11.0.